The minimum Gasteiger partial charge on any atom is -0.457 e. The Morgan fingerprint density at radius 2 is 1.87 bits per heavy atom. The van der Waals surface area contributed by atoms with Crippen LogP contribution in [0.2, 0.25) is 0 Å². The van der Waals surface area contributed by atoms with Crippen molar-refractivity contribution in [3.63, 3.8) is 0 Å². The van der Waals surface area contributed by atoms with Gasteiger partial charge in [-0.1, -0.05) is 30.3 Å². The summed E-state index contributed by atoms with van der Waals surface area (Å²) in [6.45, 7) is 0.254. The van der Waals surface area contributed by atoms with E-state index in [1.807, 2.05) is 60.9 Å². The Morgan fingerprint density at radius 1 is 1.13 bits per heavy atom. The Balaban J connectivity index is 1.63. The molecular formula is C18H16N2O2S. The van der Waals surface area contributed by atoms with Crippen LogP contribution in [0.25, 0.3) is 5.69 Å². The number of nitrogens with zero attached hydrogens (tertiary/aromatic N) is 2. The number of ether oxygens (including phenoxy) is 1. The van der Waals surface area contributed by atoms with Crippen LogP contribution in [-0.2, 0) is 11.3 Å². The van der Waals surface area contributed by atoms with Crippen molar-refractivity contribution in [2.45, 2.75) is 11.5 Å². The molecule has 1 aromatic heterocycles. The third kappa shape index (κ3) is 3.81. The summed E-state index contributed by atoms with van der Waals surface area (Å²) >= 11 is 1.68. The van der Waals surface area contributed by atoms with E-state index in [0.717, 1.165) is 11.3 Å². The van der Waals surface area contributed by atoms with Gasteiger partial charge in [-0.05, 0) is 36.1 Å². The number of hydrogen-bond acceptors (Lipinski definition) is 4. The first-order chi connectivity index (χ1) is 11.3. The predicted octanol–water partition coefficient (Wildman–Crippen LogP) is 3.95. The number of benzene rings is 2. The van der Waals surface area contributed by atoms with Crippen molar-refractivity contribution in [3.05, 3.63) is 78.1 Å². The summed E-state index contributed by atoms with van der Waals surface area (Å²) in [5.41, 5.74) is 2.31. The third-order valence-corrected chi connectivity index (χ3v) is 4.11. The van der Waals surface area contributed by atoms with E-state index < -0.39 is 0 Å². The van der Waals surface area contributed by atoms with Crippen LogP contribution in [0.1, 0.15) is 15.9 Å². The first kappa shape index (κ1) is 15.4. The highest BCUT2D eigenvalue weighted by atomic mass is 32.2. The molecule has 0 fully saturated rings. The number of carbonyl (C=O) groups is 1. The van der Waals surface area contributed by atoms with Gasteiger partial charge < -0.3 is 4.74 Å². The number of carbonyl (C=O) groups excluding carboxylic acids is 1. The van der Waals surface area contributed by atoms with Gasteiger partial charge in [0.25, 0.3) is 0 Å². The molecule has 0 aliphatic carbocycles. The second-order valence-corrected chi connectivity index (χ2v) is 5.81. The van der Waals surface area contributed by atoms with E-state index in [9.17, 15) is 4.79 Å². The molecule has 5 heteroatoms. The Bertz CT molecular complexity index is 782. The van der Waals surface area contributed by atoms with Gasteiger partial charge in [-0.3, -0.25) is 0 Å². The minimum atomic E-state index is -0.374. The van der Waals surface area contributed by atoms with E-state index in [4.69, 9.17) is 4.74 Å². The van der Waals surface area contributed by atoms with E-state index in [2.05, 4.69) is 5.10 Å². The molecule has 3 rings (SSSR count). The summed E-state index contributed by atoms with van der Waals surface area (Å²) in [7, 11) is 0. The quantitative estimate of drug-likeness (QED) is 0.526. The maximum Gasteiger partial charge on any atom is 0.341 e. The van der Waals surface area contributed by atoms with Crippen molar-refractivity contribution in [1.29, 1.82) is 0 Å². The Labute approximate surface area is 139 Å². The SMILES string of the molecule is CSc1ccc(COC(=O)c2cnn(-c3ccccc3)c2)cc1. The number of hydrogen-bond donors (Lipinski definition) is 0. The number of rotatable bonds is 5. The predicted molar refractivity (Wildman–Crippen MR) is 90.9 cm³/mol. The average Bonchev–Trinajstić information content (AvgIpc) is 3.11. The molecule has 0 unspecified atom stereocenters. The van der Waals surface area contributed by atoms with Gasteiger partial charge in [0.1, 0.15) is 6.61 Å². The van der Waals surface area contributed by atoms with E-state index in [-0.39, 0.29) is 12.6 Å². The fourth-order valence-corrected chi connectivity index (χ4v) is 2.51. The molecule has 2 aromatic carbocycles. The van der Waals surface area contributed by atoms with Crippen LogP contribution in [0.5, 0.6) is 0 Å². The molecule has 116 valence electrons. The van der Waals surface area contributed by atoms with Crippen LogP contribution in [0.15, 0.2) is 71.9 Å². The highest BCUT2D eigenvalue weighted by molar-refractivity contribution is 7.98. The van der Waals surface area contributed by atoms with Crippen LogP contribution in [0.3, 0.4) is 0 Å². The Kier molecular flexibility index (Phi) is 4.78. The van der Waals surface area contributed by atoms with Crippen molar-refractivity contribution < 1.29 is 9.53 Å². The number of para-hydroxylation sites is 1. The van der Waals surface area contributed by atoms with Crippen molar-refractivity contribution in [1.82, 2.24) is 9.78 Å². The smallest absolute Gasteiger partial charge is 0.341 e. The maximum atomic E-state index is 12.1. The lowest BCUT2D eigenvalue weighted by molar-refractivity contribution is 0.0472. The van der Waals surface area contributed by atoms with Crippen LogP contribution < -0.4 is 0 Å². The molecule has 0 atom stereocenters. The first-order valence-electron chi connectivity index (χ1n) is 7.16. The molecule has 0 aliphatic rings. The molecule has 4 nitrogen and oxygen atoms in total. The molecule has 0 N–H and O–H groups in total. The van der Waals surface area contributed by atoms with Crippen LogP contribution in [0, 0.1) is 0 Å². The zero-order valence-corrected chi connectivity index (χ0v) is 13.5. The van der Waals surface area contributed by atoms with Gasteiger partial charge in [0.05, 0.1) is 17.4 Å². The lowest BCUT2D eigenvalue weighted by atomic mass is 10.2. The molecule has 3 aromatic rings. The van der Waals surface area contributed by atoms with Crippen LogP contribution in [-0.4, -0.2) is 22.0 Å². The van der Waals surface area contributed by atoms with E-state index >= 15 is 0 Å². The summed E-state index contributed by atoms with van der Waals surface area (Å²) in [4.78, 5) is 13.3. The number of aromatic nitrogens is 2. The number of esters is 1. The highest BCUT2D eigenvalue weighted by Gasteiger charge is 2.11. The summed E-state index contributed by atoms with van der Waals surface area (Å²) in [5.74, 6) is -0.374. The summed E-state index contributed by atoms with van der Waals surface area (Å²) in [6, 6.07) is 17.6. The molecule has 1 heterocycles. The molecule has 0 saturated heterocycles. The normalized spacial score (nSPS) is 10.5. The van der Waals surface area contributed by atoms with Gasteiger partial charge in [0, 0.05) is 11.1 Å². The lowest BCUT2D eigenvalue weighted by Gasteiger charge is -2.04. The highest BCUT2D eigenvalue weighted by Crippen LogP contribution is 2.16. The monoisotopic (exact) mass is 324 g/mol. The molecule has 0 bridgehead atoms. The van der Waals surface area contributed by atoms with Gasteiger partial charge in [-0.25, -0.2) is 9.48 Å². The van der Waals surface area contributed by atoms with Gasteiger partial charge in [-0.2, -0.15) is 5.10 Å². The van der Waals surface area contributed by atoms with Crippen molar-refractivity contribution in [2.75, 3.05) is 6.26 Å². The zero-order valence-electron chi connectivity index (χ0n) is 12.7. The third-order valence-electron chi connectivity index (χ3n) is 3.37. The largest absolute Gasteiger partial charge is 0.457 e. The summed E-state index contributed by atoms with van der Waals surface area (Å²) in [5, 5.41) is 4.20. The van der Waals surface area contributed by atoms with Gasteiger partial charge in [-0.15, -0.1) is 11.8 Å². The lowest BCUT2D eigenvalue weighted by Crippen LogP contribution is -2.04. The van der Waals surface area contributed by atoms with E-state index in [0.29, 0.717) is 5.56 Å². The van der Waals surface area contributed by atoms with Crippen LogP contribution in [0.4, 0.5) is 0 Å². The molecule has 0 spiro atoms. The number of thioether (sulfide) groups is 1. The molecule has 0 radical (unpaired) electrons. The zero-order chi connectivity index (χ0) is 16.1. The summed E-state index contributed by atoms with van der Waals surface area (Å²) < 4.78 is 6.99. The van der Waals surface area contributed by atoms with Crippen molar-refractivity contribution in [3.8, 4) is 5.69 Å². The van der Waals surface area contributed by atoms with Gasteiger partial charge in [0.15, 0.2) is 0 Å². The van der Waals surface area contributed by atoms with E-state index in [1.54, 1.807) is 22.6 Å². The molecule has 0 amide bonds. The topological polar surface area (TPSA) is 44.1 Å². The van der Waals surface area contributed by atoms with E-state index in [1.165, 1.54) is 11.1 Å². The Hall–Kier alpha value is -2.53. The minimum absolute atomic E-state index is 0.254. The van der Waals surface area contributed by atoms with Crippen LogP contribution >= 0.6 is 11.8 Å². The maximum absolute atomic E-state index is 12.1. The molecule has 23 heavy (non-hydrogen) atoms. The fourth-order valence-electron chi connectivity index (χ4n) is 2.10. The van der Waals surface area contributed by atoms with Crippen molar-refractivity contribution >= 4 is 17.7 Å². The second kappa shape index (κ2) is 7.15. The van der Waals surface area contributed by atoms with Gasteiger partial charge in [0.2, 0.25) is 0 Å². The first-order valence-corrected chi connectivity index (χ1v) is 8.39. The van der Waals surface area contributed by atoms with Gasteiger partial charge >= 0.3 is 5.97 Å². The summed E-state index contributed by atoms with van der Waals surface area (Å²) in [6.07, 6.45) is 5.22. The van der Waals surface area contributed by atoms with Crippen molar-refractivity contribution in [2.24, 2.45) is 0 Å². The standard InChI is InChI=1S/C18H16N2O2S/c1-23-17-9-7-14(8-10-17)13-22-18(21)15-11-19-20(12-15)16-5-3-2-4-6-16/h2-12H,13H2,1H3. The second-order valence-electron chi connectivity index (χ2n) is 4.93. The molecular weight excluding hydrogens is 308 g/mol. The Morgan fingerprint density at radius 3 is 2.57 bits per heavy atom. The molecule has 0 saturated carbocycles. The fraction of sp³-hybridized carbons (Fsp3) is 0.111. The molecule has 0 aliphatic heterocycles. The average molecular weight is 324 g/mol.